The number of hydrogen-bond acceptors (Lipinski definition) is 7. The van der Waals surface area contributed by atoms with E-state index in [2.05, 4.69) is 26.3 Å². The molecule has 0 saturated carbocycles. The number of tetrazole rings is 1. The first-order valence-corrected chi connectivity index (χ1v) is 8.64. The molecule has 29 heavy (non-hydrogen) atoms. The number of nitriles is 1. The molecule has 0 unspecified atom stereocenters. The van der Waals surface area contributed by atoms with Gasteiger partial charge in [0.15, 0.2) is 6.10 Å². The van der Waals surface area contributed by atoms with Gasteiger partial charge in [0.25, 0.3) is 11.8 Å². The van der Waals surface area contributed by atoms with Crippen LogP contribution >= 0.6 is 0 Å². The number of nitrogens with zero attached hydrogens (tertiary/aromatic N) is 5. The maximum atomic E-state index is 12.1. The summed E-state index contributed by atoms with van der Waals surface area (Å²) in [6.45, 7) is 1.32. The number of benzene rings is 2. The molecule has 0 spiro atoms. The average Bonchev–Trinajstić information content (AvgIpc) is 3.21. The van der Waals surface area contributed by atoms with Gasteiger partial charge in [0, 0.05) is 5.56 Å². The normalized spacial score (nSPS) is 11.2. The molecule has 3 aromatic rings. The lowest BCUT2D eigenvalue weighted by atomic mass is 10.2. The molecule has 2 aromatic carbocycles. The maximum absolute atomic E-state index is 12.1. The van der Waals surface area contributed by atoms with Gasteiger partial charge in [-0.25, -0.2) is 0 Å². The summed E-state index contributed by atoms with van der Waals surface area (Å²) in [7, 11) is 0. The molecule has 3 rings (SSSR count). The van der Waals surface area contributed by atoms with Crippen molar-refractivity contribution in [2.75, 3.05) is 0 Å². The second-order valence-electron chi connectivity index (χ2n) is 5.94. The number of ether oxygens (including phenoxy) is 1. The quantitative estimate of drug-likeness (QED) is 0.594. The molecule has 0 bridgehead atoms. The molecule has 2 amide bonds. The van der Waals surface area contributed by atoms with Crippen molar-refractivity contribution in [3.05, 3.63) is 60.2 Å². The van der Waals surface area contributed by atoms with Crippen LogP contribution in [0, 0.1) is 11.3 Å². The molecule has 1 heterocycles. The number of carbonyl (C=O) groups is 2. The molecular formula is C19H17N7O3. The van der Waals surface area contributed by atoms with E-state index in [-0.39, 0.29) is 6.54 Å². The number of rotatable bonds is 6. The summed E-state index contributed by atoms with van der Waals surface area (Å²) in [5.41, 5.74) is 5.82. The summed E-state index contributed by atoms with van der Waals surface area (Å²) in [6, 6.07) is 17.5. The number of hydrazine groups is 1. The summed E-state index contributed by atoms with van der Waals surface area (Å²) in [6.07, 6.45) is -0.864. The van der Waals surface area contributed by atoms with E-state index in [1.165, 1.54) is 6.92 Å². The van der Waals surface area contributed by atoms with Crippen molar-refractivity contribution in [3.63, 3.8) is 0 Å². The molecule has 0 aliphatic rings. The van der Waals surface area contributed by atoms with Gasteiger partial charge in [-0.15, -0.1) is 10.2 Å². The first-order valence-electron chi connectivity index (χ1n) is 8.64. The highest BCUT2D eigenvalue weighted by Gasteiger charge is 2.16. The van der Waals surface area contributed by atoms with E-state index in [1.54, 1.807) is 24.3 Å². The molecule has 0 aliphatic carbocycles. The monoisotopic (exact) mass is 391 g/mol. The standard InChI is InChI=1S/C19H17N7O3/c1-13(29-16-9-7-14(11-20)8-10-16)19(28)23-21-17(27)12-26-24-18(22-25-26)15-5-3-2-4-6-15/h2-10,13H,12H2,1H3,(H,21,27)(H,23,28)/t13-/m0/s1. The lowest BCUT2D eigenvalue weighted by molar-refractivity contribution is -0.133. The van der Waals surface area contributed by atoms with E-state index in [4.69, 9.17) is 10.00 Å². The van der Waals surface area contributed by atoms with Gasteiger partial charge in [-0.05, 0) is 36.4 Å². The zero-order valence-corrected chi connectivity index (χ0v) is 15.4. The summed E-state index contributed by atoms with van der Waals surface area (Å²) in [5.74, 6) is -0.245. The van der Waals surface area contributed by atoms with Crippen LogP contribution in [-0.2, 0) is 16.1 Å². The Balaban J connectivity index is 1.46. The van der Waals surface area contributed by atoms with E-state index in [0.29, 0.717) is 17.1 Å². The molecule has 0 saturated heterocycles. The van der Waals surface area contributed by atoms with E-state index < -0.39 is 17.9 Å². The lowest BCUT2D eigenvalue weighted by Gasteiger charge is -2.15. The van der Waals surface area contributed by atoms with Gasteiger partial charge < -0.3 is 4.74 Å². The van der Waals surface area contributed by atoms with Crippen molar-refractivity contribution in [1.29, 1.82) is 5.26 Å². The number of nitrogens with one attached hydrogen (secondary N) is 2. The highest BCUT2D eigenvalue weighted by Crippen LogP contribution is 2.13. The Morgan fingerprint density at radius 1 is 1.14 bits per heavy atom. The van der Waals surface area contributed by atoms with Crippen molar-refractivity contribution in [1.82, 2.24) is 31.1 Å². The Labute approximate surface area is 166 Å². The molecule has 1 atom stereocenters. The number of amides is 2. The van der Waals surface area contributed by atoms with Gasteiger partial charge in [0.1, 0.15) is 12.3 Å². The number of aromatic nitrogens is 4. The van der Waals surface area contributed by atoms with Gasteiger partial charge in [-0.1, -0.05) is 30.3 Å². The third-order valence-corrected chi connectivity index (χ3v) is 3.76. The Kier molecular flexibility index (Phi) is 6.12. The minimum absolute atomic E-state index is 0.217. The molecule has 0 radical (unpaired) electrons. The third-order valence-electron chi connectivity index (χ3n) is 3.76. The van der Waals surface area contributed by atoms with Crippen LogP contribution < -0.4 is 15.6 Å². The van der Waals surface area contributed by atoms with Crippen LogP contribution in [0.2, 0.25) is 0 Å². The fourth-order valence-electron chi connectivity index (χ4n) is 2.28. The Morgan fingerprint density at radius 2 is 1.86 bits per heavy atom. The summed E-state index contributed by atoms with van der Waals surface area (Å²) in [5, 5.41) is 20.6. The Hall–Kier alpha value is -4.26. The van der Waals surface area contributed by atoms with Crippen molar-refractivity contribution in [2.24, 2.45) is 0 Å². The molecule has 0 fully saturated rings. The van der Waals surface area contributed by atoms with Crippen molar-refractivity contribution >= 4 is 11.8 Å². The molecule has 10 heteroatoms. The SMILES string of the molecule is C[C@H](Oc1ccc(C#N)cc1)C(=O)NNC(=O)Cn1nnc(-c2ccccc2)n1. The molecule has 10 nitrogen and oxygen atoms in total. The first kappa shape index (κ1) is 19.5. The van der Waals surface area contributed by atoms with Crippen LogP contribution in [-0.4, -0.2) is 38.1 Å². The predicted molar refractivity (Wildman–Crippen MR) is 101 cm³/mol. The topological polar surface area (TPSA) is 135 Å². The summed E-state index contributed by atoms with van der Waals surface area (Å²) in [4.78, 5) is 25.2. The van der Waals surface area contributed by atoms with Gasteiger partial charge in [0.2, 0.25) is 5.82 Å². The summed E-state index contributed by atoms with van der Waals surface area (Å²) < 4.78 is 5.47. The second-order valence-corrected chi connectivity index (χ2v) is 5.94. The van der Waals surface area contributed by atoms with E-state index in [0.717, 1.165) is 10.4 Å². The van der Waals surface area contributed by atoms with Gasteiger partial charge in [-0.2, -0.15) is 10.1 Å². The summed E-state index contributed by atoms with van der Waals surface area (Å²) >= 11 is 0. The minimum atomic E-state index is -0.864. The second kappa shape index (κ2) is 9.09. The lowest BCUT2D eigenvalue weighted by Crippen LogP contribution is -2.48. The number of carbonyl (C=O) groups excluding carboxylic acids is 2. The third kappa shape index (κ3) is 5.36. The van der Waals surface area contributed by atoms with Gasteiger partial charge in [-0.3, -0.25) is 20.4 Å². The molecule has 146 valence electrons. The van der Waals surface area contributed by atoms with E-state index in [1.807, 2.05) is 36.4 Å². The van der Waals surface area contributed by atoms with Crippen molar-refractivity contribution in [3.8, 4) is 23.2 Å². The fraction of sp³-hybridized carbons (Fsp3) is 0.158. The zero-order chi connectivity index (χ0) is 20.6. The predicted octanol–water partition coefficient (Wildman–Crippen LogP) is 0.827. The zero-order valence-electron chi connectivity index (χ0n) is 15.4. The van der Waals surface area contributed by atoms with Gasteiger partial charge >= 0.3 is 0 Å². The van der Waals surface area contributed by atoms with Crippen LogP contribution in [0.15, 0.2) is 54.6 Å². The van der Waals surface area contributed by atoms with Crippen LogP contribution in [0.5, 0.6) is 5.75 Å². The maximum Gasteiger partial charge on any atom is 0.279 e. The van der Waals surface area contributed by atoms with Crippen LogP contribution in [0.3, 0.4) is 0 Å². The smallest absolute Gasteiger partial charge is 0.279 e. The highest BCUT2D eigenvalue weighted by molar-refractivity contribution is 5.84. The largest absolute Gasteiger partial charge is 0.481 e. The molecular weight excluding hydrogens is 374 g/mol. The van der Waals surface area contributed by atoms with Crippen LogP contribution in [0.1, 0.15) is 12.5 Å². The fourth-order valence-corrected chi connectivity index (χ4v) is 2.28. The van der Waals surface area contributed by atoms with Gasteiger partial charge in [0.05, 0.1) is 11.6 Å². The van der Waals surface area contributed by atoms with E-state index >= 15 is 0 Å². The first-order chi connectivity index (χ1) is 14.0. The van der Waals surface area contributed by atoms with Crippen LogP contribution in [0.4, 0.5) is 0 Å². The van der Waals surface area contributed by atoms with Crippen LogP contribution in [0.25, 0.3) is 11.4 Å². The van der Waals surface area contributed by atoms with Crippen molar-refractivity contribution in [2.45, 2.75) is 19.6 Å². The molecule has 0 aliphatic heterocycles. The molecule has 1 aromatic heterocycles. The number of hydrogen-bond donors (Lipinski definition) is 2. The Morgan fingerprint density at radius 3 is 2.55 bits per heavy atom. The average molecular weight is 391 g/mol. The van der Waals surface area contributed by atoms with Crippen molar-refractivity contribution < 1.29 is 14.3 Å². The Bertz CT molecular complexity index is 1030. The highest BCUT2D eigenvalue weighted by atomic mass is 16.5. The minimum Gasteiger partial charge on any atom is -0.481 e. The van der Waals surface area contributed by atoms with E-state index in [9.17, 15) is 9.59 Å². The molecule has 2 N–H and O–H groups in total.